The number of allylic oxidation sites excluding steroid dienone is 1. The van der Waals surface area contributed by atoms with E-state index in [1.165, 1.54) is 25.3 Å². The van der Waals surface area contributed by atoms with Crippen LogP contribution >= 0.6 is 0 Å². The summed E-state index contributed by atoms with van der Waals surface area (Å²) in [4.78, 5) is 40.6. The second kappa shape index (κ2) is 17.1. The van der Waals surface area contributed by atoms with E-state index in [1.807, 2.05) is 73.0 Å². The van der Waals surface area contributed by atoms with Gasteiger partial charge in [-0.25, -0.2) is 4.39 Å². The highest BCUT2D eigenvalue weighted by atomic mass is 28.4. The Kier molecular flexibility index (Phi) is 13.2. The minimum Gasteiger partial charge on any atom is -0.497 e. The maximum atomic E-state index is 14.4. The van der Waals surface area contributed by atoms with Crippen molar-refractivity contribution in [1.82, 2.24) is 9.88 Å². The van der Waals surface area contributed by atoms with Gasteiger partial charge < -0.3 is 23.8 Å². The van der Waals surface area contributed by atoms with E-state index < -0.39 is 26.2 Å². The van der Waals surface area contributed by atoms with Gasteiger partial charge in [-0.1, -0.05) is 75.4 Å². The average Bonchev–Trinajstić information content (AvgIpc) is 3.45. The van der Waals surface area contributed by atoms with E-state index in [0.29, 0.717) is 33.8 Å². The minimum absolute atomic E-state index is 0.0359. The topological polar surface area (TPSA) is 95.9 Å². The van der Waals surface area contributed by atoms with Crippen molar-refractivity contribution >= 4 is 32.1 Å². The SMILES string of the molecule is COC(=O)C[C@H](CC(=O)/C=C/c1c(-c2ccc(F)cc2)c(-c2ccccc2)c(C(=O)NCc2cccc(OC)c2)n1C(C)C)O[Si](C)(C)C(C)(C)C. The highest BCUT2D eigenvalue weighted by Gasteiger charge is 2.40. The number of halogens is 1. The number of ketones is 1. The van der Waals surface area contributed by atoms with E-state index in [2.05, 4.69) is 39.2 Å². The predicted molar refractivity (Wildman–Crippen MR) is 207 cm³/mol. The van der Waals surface area contributed by atoms with Crippen LogP contribution in [-0.2, 0) is 25.3 Å². The average molecular weight is 727 g/mol. The number of rotatable bonds is 15. The normalized spacial score (nSPS) is 12.6. The van der Waals surface area contributed by atoms with Gasteiger partial charge in [-0.3, -0.25) is 14.4 Å². The first-order valence-electron chi connectivity index (χ1n) is 17.5. The van der Waals surface area contributed by atoms with Gasteiger partial charge in [0.05, 0.1) is 32.4 Å². The van der Waals surface area contributed by atoms with Gasteiger partial charge >= 0.3 is 5.97 Å². The van der Waals surface area contributed by atoms with Crippen molar-refractivity contribution in [3.8, 4) is 28.0 Å². The van der Waals surface area contributed by atoms with Gasteiger partial charge in [-0.2, -0.15) is 0 Å². The molecule has 0 radical (unpaired) electrons. The minimum atomic E-state index is -2.35. The molecule has 0 aliphatic heterocycles. The second-order valence-electron chi connectivity index (χ2n) is 14.6. The summed E-state index contributed by atoms with van der Waals surface area (Å²) >= 11 is 0. The van der Waals surface area contributed by atoms with E-state index in [-0.39, 0.29) is 42.2 Å². The fourth-order valence-electron chi connectivity index (χ4n) is 5.86. The number of nitrogens with one attached hydrogen (secondary N) is 1. The van der Waals surface area contributed by atoms with Crippen LogP contribution in [0.15, 0.2) is 84.9 Å². The van der Waals surface area contributed by atoms with Crippen molar-refractivity contribution in [3.63, 3.8) is 0 Å². The summed E-state index contributed by atoms with van der Waals surface area (Å²) in [6.07, 6.45) is 2.44. The maximum absolute atomic E-state index is 14.4. The molecule has 10 heteroatoms. The van der Waals surface area contributed by atoms with Crippen molar-refractivity contribution in [1.29, 1.82) is 0 Å². The first-order valence-corrected chi connectivity index (χ1v) is 20.4. The number of methoxy groups -OCH3 is 2. The molecular weight excluding hydrogens is 676 g/mol. The van der Waals surface area contributed by atoms with Gasteiger partial charge in [-0.05, 0) is 85.1 Å². The standard InChI is InChI=1S/C42H51FN2O6Si/c1-28(2)45-36(23-22-33(46)25-35(26-37(47)50-7)51-52(8,9)42(3,4)5)38(31-18-20-32(43)21-19-31)39(30-15-11-10-12-16-30)40(45)41(48)44-27-29-14-13-17-34(24-29)49-6/h10-24,28,35H,25-27H2,1-9H3,(H,44,48)/b23-22+/t35-/m0/s1. The Hall–Kier alpha value is -4.80. The zero-order chi connectivity index (χ0) is 38.2. The fourth-order valence-corrected chi connectivity index (χ4v) is 7.21. The Morgan fingerprint density at radius 2 is 1.54 bits per heavy atom. The number of carbonyl (C=O) groups is 3. The number of amides is 1. The first kappa shape index (κ1) is 40.0. The first-order chi connectivity index (χ1) is 24.6. The Bertz CT molecular complexity index is 1890. The lowest BCUT2D eigenvalue weighted by Gasteiger charge is -2.39. The van der Waals surface area contributed by atoms with Crippen LogP contribution in [0.25, 0.3) is 28.3 Å². The predicted octanol–water partition coefficient (Wildman–Crippen LogP) is 9.41. The molecule has 8 nitrogen and oxygen atoms in total. The van der Waals surface area contributed by atoms with Gasteiger partial charge in [0.1, 0.15) is 17.3 Å². The third-order valence-electron chi connectivity index (χ3n) is 9.50. The van der Waals surface area contributed by atoms with Crippen LogP contribution < -0.4 is 10.1 Å². The van der Waals surface area contributed by atoms with Gasteiger partial charge in [0.15, 0.2) is 14.1 Å². The molecule has 1 amide bonds. The van der Waals surface area contributed by atoms with E-state index >= 15 is 0 Å². The molecular formula is C42H51FN2O6Si. The Labute approximate surface area is 308 Å². The van der Waals surface area contributed by atoms with Crippen LogP contribution in [0.1, 0.15) is 75.2 Å². The Balaban J connectivity index is 1.87. The molecule has 0 unspecified atom stereocenters. The number of nitrogens with zero attached hydrogens (tertiary/aromatic N) is 1. The van der Waals surface area contributed by atoms with E-state index in [9.17, 15) is 18.8 Å². The van der Waals surface area contributed by atoms with Crippen LogP contribution in [0.3, 0.4) is 0 Å². The number of hydrogen-bond donors (Lipinski definition) is 1. The molecule has 0 bridgehead atoms. The Morgan fingerprint density at radius 1 is 0.885 bits per heavy atom. The number of benzene rings is 3. The maximum Gasteiger partial charge on any atom is 0.308 e. The van der Waals surface area contributed by atoms with Gasteiger partial charge in [0, 0.05) is 30.1 Å². The highest BCUT2D eigenvalue weighted by molar-refractivity contribution is 6.74. The molecule has 0 aliphatic rings. The van der Waals surface area contributed by atoms with Gasteiger partial charge in [0.25, 0.3) is 5.91 Å². The molecule has 4 aromatic rings. The molecule has 276 valence electrons. The fraction of sp³-hybridized carbons (Fsp3) is 0.357. The van der Waals surface area contributed by atoms with E-state index in [0.717, 1.165) is 11.1 Å². The molecule has 1 N–H and O–H groups in total. The third kappa shape index (κ3) is 9.74. The lowest BCUT2D eigenvalue weighted by atomic mass is 9.94. The molecule has 1 atom stereocenters. The van der Waals surface area contributed by atoms with Crippen molar-refractivity contribution in [3.05, 3.63) is 108 Å². The zero-order valence-electron chi connectivity index (χ0n) is 31.7. The number of aromatic nitrogens is 1. The Morgan fingerprint density at radius 3 is 2.13 bits per heavy atom. The van der Waals surface area contributed by atoms with Crippen LogP contribution in [0.5, 0.6) is 5.75 Å². The van der Waals surface area contributed by atoms with Gasteiger partial charge in [0.2, 0.25) is 0 Å². The molecule has 1 heterocycles. The van der Waals surface area contributed by atoms with Gasteiger partial charge in [-0.15, -0.1) is 0 Å². The highest BCUT2D eigenvalue weighted by Crippen LogP contribution is 2.43. The molecule has 0 saturated heterocycles. The largest absolute Gasteiger partial charge is 0.497 e. The van der Waals surface area contributed by atoms with Crippen molar-refractivity contribution in [2.24, 2.45) is 0 Å². The molecule has 3 aromatic carbocycles. The molecule has 0 aliphatic carbocycles. The smallest absolute Gasteiger partial charge is 0.308 e. The van der Waals surface area contributed by atoms with Crippen LogP contribution in [0, 0.1) is 5.82 Å². The molecule has 4 rings (SSSR count). The third-order valence-corrected chi connectivity index (χ3v) is 14.0. The summed E-state index contributed by atoms with van der Waals surface area (Å²) in [6.45, 7) is 14.6. The monoisotopic (exact) mass is 726 g/mol. The van der Waals surface area contributed by atoms with Crippen LogP contribution in [-0.4, -0.2) is 50.9 Å². The summed E-state index contributed by atoms with van der Waals surface area (Å²) in [5.41, 5.74) is 4.67. The quantitative estimate of drug-likeness (QED) is 0.0745. The molecule has 1 aromatic heterocycles. The second-order valence-corrected chi connectivity index (χ2v) is 19.4. The van der Waals surface area contributed by atoms with E-state index in [1.54, 1.807) is 25.3 Å². The summed E-state index contributed by atoms with van der Waals surface area (Å²) < 4.78 is 33.1. The lowest BCUT2D eigenvalue weighted by Crippen LogP contribution is -2.44. The number of ether oxygens (including phenoxy) is 2. The molecule has 0 fully saturated rings. The summed E-state index contributed by atoms with van der Waals surface area (Å²) in [7, 11) is 0.567. The van der Waals surface area contributed by atoms with Crippen molar-refractivity contribution < 1.29 is 32.7 Å². The van der Waals surface area contributed by atoms with E-state index in [4.69, 9.17) is 13.9 Å². The van der Waals surface area contributed by atoms with Crippen molar-refractivity contribution in [2.75, 3.05) is 14.2 Å². The lowest BCUT2D eigenvalue weighted by molar-refractivity contribution is -0.142. The summed E-state index contributed by atoms with van der Waals surface area (Å²) in [5.74, 6) is -0.730. The number of esters is 1. The molecule has 0 spiro atoms. The van der Waals surface area contributed by atoms with Crippen LogP contribution in [0.2, 0.25) is 18.1 Å². The molecule has 52 heavy (non-hydrogen) atoms. The molecule has 0 saturated carbocycles. The van der Waals surface area contributed by atoms with Crippen molar-refractivity contribution in [2.45, 2.75) is 84.3 Å². The number of carbonyl (C=O) groups excluding carboxylic acids is 3. The summed E-state index contributed by atoms with van der Waals surface area (Å²) in [6, 6.07) is 22.9. The number of hydrogen-bond acceptors (Lipinski definition) is 6. The van der Waals surface area contributed by atoms with Crippen LogP contribution in [0.4, 0.5) is 4.39 Å². The summed E-state index contributed by atoms with van der Waals surface area (Å²) in [5, 5.41) is 2.96. The zero-order valence-corrected chi connectivity index (χ0v) is 32.7.